The Hall–Kier alpha value is -2.71. The third kappa shape index (κ3) is 10.2. The van der Waals surface area contributed by atoms with Gasteiger partial charge < -0.3 is 28.9 Å². The quantitative estimate of drug-likeness (QED) is 0.294. The first kappa shape index (κ1) is 28.5. The molecule has 0 heterocycles. The minimum Gasteiger partial charge on any atom is -0.459 e. The monoisotopic (exact) mass is 507 g/mol. The lowest BCUT2D eigenvalue weighted by atomic mass is 10.2. The topological polar surface area (TPSA) is 120 Å². The van der Waals surface area contributed by atoms with Crippen LogP contribution in [0.5, 0.6) is 0 Å². The van der Waals surface area contributed by atoms with Crippen molar-refractivity contribution < 1.29 is 37.8 Å². The van der Waals surface area contributed by atoms with Crippen molar-refractivity contribution in [2.75, 3.05) is 0 Å². The Morgan fingerprint density at radius 3 is 1.74 bits per heavy atom. The first-order valence-corrected chi connectivity index (χ1v) is 13.0. The van der Waals surface area contributed by atoms with Crippen LogP contribution in [0.15, 0.2) is 60.7 Å². The van der Waals surface area contributed by atoms with Gasteiger partial charge in [-0.15, -0.1) is 0 Å². The maximum absolute atomic E-state index is 13.3. The van der Waals surface area contributed by atoms with Gasteiger partial charge in [-0.1, -0.05) is 60.7 Å². The summed E-state index contributed by atoms with van der Waals surface area (Å²) in [6, 6.07) is 16.6. The lowest BCUT2D eigenvalue weighted by Gasteiger charge is -2.28. The van der Waals surface area contributed by atoms with Gasteiger partial charge >= 0.3 is 19.7 Å². The number of ether oxygens (including phenoxy) is 2. The predicted molar refractivity (Wildman–Crippen MR) is 130 cm³/mol. The van der Waals surface area contributed by atoms with Crippen molar-refractivity contribution in [3.63, 3.8) is 0 Å². The lowest BCUT2D eigenvalue weighted by Crippen LogP contribution is -2.44. The second-order valence-electron chi connectivity index (χ2n) is 8.42. The zero-order chi connectivity index (χ0) is 25.8. The average molecular weight is 508 g/mol. The number of alkyl carbamates (subject to hydrolysis) is 1. The zero-order valence-corrected chi connectivity index (χ0v) is 21.4. The van der Waals surface area contributed by atoms with Crippen molar-refractivity contribution in [2.45, 2.75) is 71.4 Å². The Balaban J connectivity index is 2.12. The number of hydrogen-bond acceptors (Lipinski definition) is 8. The number of nitrogens with one attached hydrogen (secondary N) is 1. The first-order chi connectivity index (χ1) is 16.6. The van der Waals surface area contributed by atoms with Gasteiger partial charge in [-0.05, 0) is 38.8 Å². The van der Waals surface area contributed by atoms with Crippen molar-refractivity contribution in [1.82, 2.24) is 5.32 Å². The highest BCUT2D eigenvalue weighted by molar-refractivity contribution is 7.54. The fourth-order valence-corrected chi connectivity index (χ4v) is 5.02. The van der Waals surface area contributed by atoms with Gasteiger partial charge in [-0.3, -0.25) is 4.57 Å². The average Bonchev–Trinajstić information content (AvgIpc) is 2.81. The molecule has 0 aliphatic heterocycles. The second-order valence-corrected chi connectivity index (χ2v) is 10.5. The van der Waals surface area contributed by atoms with Crippen LogP contribution < -0.4 is 5.32 Å². The molecule has 0 aliphatic carbocycles. The van der Waals surface area contributed by atoms with Gasteiger partial charge in [-0.2, -0.15) is 0 Å². The minimum absolute atomic E-state index is 0.0214. The molecule has 192 valence electrons. The Kier molecular flexibility index (Phi) is 11.4. The number of aliphatic hydroxyl groups is 1. The van der Waals surface area contributed by atoms with E-state index in [0.717, 1.165) is 11.1 Å². The predicted octanol–water partition coefficient (Wildman–Crippen LogP) is 4.78. The second kappa shape index (κ2) is 14.0. The Morgan fingerprint density at radius 1 is 0.829 bits per heavy atom. The third-order valence-electron chi connectivity index (χ3n) is 4.54. The molecule has 0 spiro atoms. The van der Waals surface area contributed by atoms with Crippen LogP contribution in [-0.2, 0) is 41.1 Å². The smallest absolute Gasteiger partial charge is 0.408 e. The molecule has 2 N–H and O–H groups in total. The summed E-state index contributed by atoms with van der Waals surface area (Å²) in [5.41, 5.74) is 1.50. The standard InChI is InChI=1S/C25H34NO8P/c1-18(2)33-35(30,34-19(3)4)23(27)15-22(24(28)31-16-20-11-7-5-8-12-20)26-25(29)32-17-21-13-9-6-10-14-21/h5-14,18-19,22-23,27H,15-17H2,1-4H3,(H,26,29). The van der Waals surface area contributed by atoms with Crippen LogP contribution in [0.25, 0.3) is 0 Å². The molecule has 1 amide bonds. The SMILES string of the molecule is CC(C)OP(=O)(OC(C)C)C(O)CC(NC(=O)OCc1ccccc1)C(=O)OCc1ccccc1. The third-order valence-corrected chi connectivity index (χ3v) is 6.91. The molecule has 0 aromatic heterocycles. The molecule has 9 nitrogen and oxygen atoms in total. The molecule has 0 saturated carbocycles. The van der Waals surface area contributed by atoms with E-state index in [1.54, 1.807) is 76.2 Å². The molecular formula is C25H34NO8P. The number of benzene rings is 2. The van der Waals surface area contributed by atoms with Gasteiger partial charge in [0, 0.05) is 6.42 Å². The summed E-state index contributed by atoms with van der Waals surface area (Å²) < 4.78 is 34.6. The molecule has 2 aromatic carbocycles. The normalized spacial score (nSPS) is 13.3. The number of rotatable bonds is 13. The summed E-state index contributed by atoms with van der Waals surface area (Å²) in [5, 5.41) is 13.2. The molecule has 2 rings (SSSR count). The molecular weight excluding hydrogens is 473 g/mol. The van der Waals surface area contributed by atoms with E-state index in [1.807, 2.05) is 12.1 Å². The van der Waals surface area contributed by atoms with Crippen molar-refractivity contribution in [3.05, 3.63) is 71.8 Å². The molecule has 0 fully saturated rings. The van der Waals surface area contributed by atoms with E-state index >= 15 is 0 Å². The van der Waals surface area contributed by atoms with Crippen LogP contribution in [-0.4, -0.2) is 41.3 Å². The Labute approximate surface area is 206 Å². The number of carbonyl (C=O) groups is 2. The van der Waals surface area contributed by atoms with E-state index in [-0.39, 0.29) is 13.2 Å². The number of aliphatic hydroxyl groups excluding tert-OH is 1. The summed E-state index contributed by atoms with van der Waals surface area (Å²) in [5.74, 6) is -2.53. The van der Waals surface area contributed by atoms with E-state index < -0.39 is 50.2 Å². The number of hydrogen-bond donors (Lipinski definition) is 2. The fourth-order valence-electron chi connectivity index (χ4n) is 3.04. The summed E-state index contributed by atoms with van der Waals surface area (Å²) in [7, 11) is -4.04. The van der Waals surface area contributed by atoms with Gasteiger partial charge in [0.15, 0.2) is 5.85 Å². The molecule has 0 radical (unpaired) electrons. The molecule has 2 atom stereocenters. The highest BCUT2D eigenvalue weighted by atomic mass is 31.2. The number of carbonyl (C=O) groups excluding carboxylic acids is 2. The summed E-state index contributed by atoms with van der Waals surface area (Å²) in [6.07, 6.45) is -2.39. The van der Waals surface area contributed by atoms with Crippen molar-refractivity contribution in [2.24, 2.45) is 0 Å². The van der Waals surface area contributed by atoms with Crippen LogP contribution in [0, 0.1) is 0 Å². The Morgan fingerprint density at radius 2 is 1.29 bits per heavy atom. The zero-order valence-electron chi connectivity index (χ0n) is 20.5. The molecule has 0 aliphatic rings. The number of amides is 1. The highest BCUT2D eigenvalue weighted by Gasteiger charge is 2.40. The van der Waals surface area contributed by atoms with Gasteiger partial charge in [0.05, 0.1) is 12.2 Å². The van der Waals surface area contributed by atoms with E-state index in [0.29, 0.717) is 0 Å². The van der Waals surface area contributed by atoms with Crippen LogP contribution in [0.2, 0.25) is 0 Å². The molecule has 10 heteroatoms. The van der Waals surface area contributed by atoms with Gasteiger partial charge in [0.25, 0.3) is 0 Å². The molecule has 2 unspecified atom stereocenters. The minimum atomic E-state index is -4.04. The van der Waals surface area contributed by atoms with Crippen LogP contribution in [0.1, 0.15) is 45.2 Å². The maximum atomic E-state index is 13.3. The van der Waals surface area contributed by atoms with Gasteiger partial charge in [0.1, 0.15) is 19.3 Å². The number of esters is 1. The van der Waals surface area contributed by atoms with E-state index in [1.165, 1.54) is 0 Å². The van der Waals surface area contributed by atoms with E-state index in [4.69, 9.17) is 18.5 Å². The largest absolute Gasteiger partial charge is 0.459 e. The molecule has 35 heavy (non-hydrogen) atoms. The van der Waals surface area contributed by atoms with Gasteiger partial charge in [-0.25, -0.2) is 9.59 Å². The summed E-state index contributed by atoms with van der Waals surface area (Å²) in [4.78, 5) is 25.3. The van der Waals surface area contributed by atoms with Gasteiger partial charge in [0.2, 0.25) is 0 Å². The summed E-state index contributed by atoms with van der Waals surface area (Å²) >= 11 is 0. The van der Waals surface area contributed by atoms with Crippen LogP contribution in [0.4, 0.5) is 4.79 Å². The summed E-state index contributed by atoms with van der Waals surface area (Å²) in [6.45, 7) is 6.52. The van der Waals surface area contributed by atoms with Crippen molar-refractivity contribution >= 4 is 19.7 Å². The van der Waals surface area contributed by atoms with Crippen LogP contribution >= 0.6 is 7.60 Å². The molecule has 2 aromatic rings. The molecule has 0 bridgehead atoms. The first-order valence-electron chi connectivity index (χ1n) is 11.4. The van der Waals surface area contributed by atoms with Crippen molar-refractivity contribution in [3.8, 4) is 0 Å². The highest BCUT2D eigenvalue weighted by Crippen LogP contribution is 2.55. The lowest BCUT2D eigenvalue weighted by molar-refractivity contribution is -0.148. The maximum Gasteiger partial charge on any atom is 0.408 e. The Bertz CT molecular complexity index is 954. The fraction of sp³-hybridized carbons (Fsp3) is 0.440. The van der Waals surface area contributed by atoms with E-state index in [2.05, 4.69) is 5.32 Å². The van der Waals surface area contributed by atoms with E-state index in [9.17, 15) is 19.3 Å². The molecule has 0 saturated heterocycles. The van der Waals surface area contributed by atoms with Crippen LogP contribution in [0.3, 0.4) is 0 Å². The van der Waals surface area contributed by atoms with Crippen molar-refractivity contribution in [1.29, 1.82) is 0 Å².